The number of carbonyl (C=O) groups excluding carboxylic acids is 2. The molecule has 0 radical (unpaired) electrons. The number of furan rings is 1. The Kier molecular flexibility index (Phi) is 6.32. The summed E-state index contributed by atoms with van der Waals surface area (Å²) in [4.78, 5) is 24.0. The van der Waals surface area contributed by atoms with Gasteiger partial charge in [-0.15, -0.1) is 10.2 Å². The molecule has 0 aliphatic heterocycles. The number of nitrogens with one attached hydrogen (secondary N) is 2. The first-order valence-electron chi connectivity index (χ1n) is 8.61. The predicted octanol–water partition coefficient (Wildman–Crippen LogP) is 3.33. The van der Waals surface area contributed by atoms with Gasteiger partial charge in [-0.05, 0) is 37.6 Å². The monoisotopic (exact) mass is 384 g/mol. The average Bonchev–Trinajstić information content (AvgIpc) is 3.30. The van der Waals surface area contributed by atoms with Gasteiger partial charge in [-0.25, -0.2) is 0 Å². The molecule has 0 saturated carbocycles. The summed E-state index contributed by atoms with van der Waals surface area (Å²) < 4.78 is 5.41. The summed E-state index contributed by atoms with van der Waals surface area (Å²) in [7, 11) is 0. The van der Waals surface area contributed by atoms with Crippen molar-refractivity contribution < 1.29 is 14.0 Å². The molecule has 2 heterocycles. The molecule has 0 bridgehead atoms. The summed E-state index contributed by atoms with van der Waals surface area (Å²) in [6.45, 7) is 2.25. The molecule has 0 aliphatic rings. The minimum atomic E-state index is -0.281. The van der Waals surface area contributed by atoms with Gasteiger partial charge in [-0.1, -0.05) is 29.5 Å². The van der Waals surface area contributed by atoms with E-state index in [9.17, 15) is 9.59 Å². The van der Waals surface area contributed by atoms with Crippen molar-refractivity contribution in [3.8, 4) is 0 Å². The van der Waals surface area contributed by atoms with E-state index in [0.29, 0.717) is 36.5 Å². The molecule has 2 aromatic heterocycles. The third-order valence-corrected chi connectivity index (χ3v) is 4.72. The van der Waals surface area contributed by atoms with Crippen LogP contribution in [0, 0.1) is 6.92 Å². The molecule has 8 heteroatoms. The number of para-hydroxylation sites is 1. The van der Waals surface area contributed by atoms with Crippen molar-refractivity contribution >= 4 is 28.8 Å². The third kappa shape index (κ3) is 5.75. The lowest BCUT2D eigenvalue weighted by molar-refractivity contribution is -0.121. The highest BCUT2D eigenvalue weighted by atomic mass is 32.1. The van der Waals surface area contributed by atoms with E-state index in [1.807, 2.05) is 49.4 Å². The van der Waals surface area contributed by atoms with Crippen LogP contribution in [0.15, 0.2) is 46.9 Å². The highest BCUT2D eigenvalue weighted by Crippen LogP contribution is 2.15. The van der Waals surface area contributed by atoms with E-state index in [1.54, 1.807) is 0 Å². The van der Waals surface area contributed by atoms with Crippen molar-refractivity contribution in [3.63, 3.8) is 0 Å². The minimum Gasteiger partial charge on any atom is -0.465 e. The quantitative estimate of drug-likeness (QED) is 0.621. The van der Waals surface area contributed by atoms with Crippen LogP contribution < -0.4 is 10.6 Å². The van der Waals surface area contributed by atoms with Crippen molar-refractivity contribution in [3.05, 3.63) is 64.0 Å². The normalized spacial score (nSPS) is 10.6. The summed E-state index contributed by atoms with van der Waals surface area (Å²) in [5, 5.41) is 14.6. The van der Waals surface area contributed by atoms with Gasteiger partial charge >= 0.3 is 0 Å². The summed E-state index contributed by atoms with van der Waals surface area (Å²) in [6, 6.07) is 12.9. The van der Waals surface area contributed by atoms with Crippen LogP contribution in [-0.4, -0.2) is 22.0 Å². The van der Waals surface area contributed by atoms with E-state index < -0.39 is 0 Å². The zero-order valence-electron chi connectivity index (χ0n) is 14.9. The molecule has 1 aromatic carbocycles. The van der Waals surface area contributed by atoms with Crippen molar-refractivity contribution in [1.29, 1.82) is 0 Å². The van der Waals surface area contributed by atoms with Gasteiger partial charge in [0, 0.05) is 18.5 Å². The number of benzene rings is 1. The summed E-state index contributed by atoms with van der Waals surface area (Å²) in [6.07, 6.45) is 1.62. The van der Waals surface area contributed by atoms with Gasteiger partial charge < -0.3 is 15.1 Å². The number of nitrogens with zero attached hydrogens (tertiary/aromatic N) is 2. The molecular formula is C19H20N4O3S. The Bertz CT molecular complexity index is 905. The number of aryl methyl sites for hydroxylation is 2. The number of carbonyl (C=O) groups is 2. The number of hydrogen-bond acceptors (Lipinski definition) is 6. The molecule has 0 spiro atoms. The van der Waals surface area contributed by atoms with Crippen LogP contribution >= 0.6 is 11.3 Å². The number of hydrogen-bond donors (Lipinski definition) is 2. The third-order valence-electron chi connectivity index (χ3n) is 3.74. The predicted molar refractivity (Wildman–Crippen MR) is 103 cm³/mol. The lowest BCUT2D eigenvalue weighted by atomic mass is 10.2. The first-order chi connectivity index (χ1) is 13.1. The molecule has 3 aromatic rings. The molecule has 7 nitrogen and oxygen atoms in total. The van der Waals surface area contributed by atoms with Crippen LogP contribution in [0.5, 0.6) is 0 Å². The Morgan fingerprint density at radius 3 is 2.67 bits per heavy atom. The van der Waals surface area contributed by atoms with E-state index in [1.165, 1.54) is 11.3 Å². The topological polar surface area (TPSA) is 97.1 Å². The molecule has 2 N–H and O–H groups in total. The number of amides is 2. The van der Waals surface area contributed by atoms with Crippen LogP contribution in [0.4, 0.5) is 5.69 Å². The Balaban J connectivity index is 1.40. The summed E-state index contributed by atoms with van der Waals surface area (Å²) in [5.74, 6) is 1.23. The summed E-state index contributed by atoms with van der Waals surface area (Å²) in [5.41, 5.74) is 0.711. The molecule has 0 unspecified atom stereocenters. The van der Waals surface area contributed by atoms with Gasteiger partial charge in [-0.2, -0.15) is 0 Å². The summed E-state index contributed by atoms with van der Waals surface area (Å²) >= 11 is 1.24. The van der Waals surface area contributed by atoms with Crippen LogP contribution in [0.1, 0.15) is 39.2 Å². The number of rotatable bonds is 8. The smallest absolute Gasteiger partial charge is 0.286 e. The van der Waals surface area contributed by atoms with Gasteiger partial charge in [-0.3, -0.25) is 9.59 Å². The first-order valence-corrected chi connectivity index (χ1v) is 9.42. The van der Waals surface area contributed by atoms with Crippen molar-refractivity contribution in [2.75, 3.05) is 5.32 Å². The van der Waals surface area contributed by atoms with Gasteiger partial charge in [0.2, 0.25) is 10.9 Å². The van der Waals surface area contributed by atoms with Gasteiger partial charge in [0.05, 0.1) is 6.54 Å². The van der Waals surface area contributed by atoms with Gasteiger partial charge in [0.15, 0.2) is 0 Å². The van der Waals surface area contributed by atoms with Crippen molar-refractivity contribution in [2.45, 2.75) is 32.7 Å². The lowest BCUT2D eigenvalue weighted by Gasteiger charge is -2.02. The van der Waals surface area contributed by atoms with E-state index >= 15 is 0 Å². The minimum absolute atomic E-state index is 0.0457. The van der Waals surface area contributed by atoms with Crippen molar-refractivity contribution in [2.24, 2.45) is 0 Å². The molecule has 140 valence electrons. The van der Waals surface area contributed by atoms with Crippen LogP contribution in [0.3, 0.4) is 0 Å². The highest BCUT2D eigenvalue weighted by molar-refractivity contribution is 7.13. The van der Waals surface area contributed by atoms with Crippen LogP contribution in [-0.2, 0) is 17.8 Å². The first kappa shape index (κ1) is 18.8. The fourth-order valence-electron chi connectivity index (χ4n) is 2.41. The Morgan fingerprint density at radius 1 is 1.11 bits per heavy atom. The lowest BCUT2D eigenvalue weighted by Crippen LogP contribution is -2.22. The zero-order valence-corrected chi connectivity index (χ0v) is 15.7. The van der Waals surface area contributed by atoms with Crippen molar-refractivity contribution in [1.82, 2.24) is 15.5 Å². The maximum Gasteiger partial charge on any atom is 0.286 e. The maximum absolute atomic E-state index is 12.2. The van der Waals surface area contributed by atoms with E-state index in [4.69, 9.17) is 4.42 Å². The van der Waals surface area contributed by atoms with Gasteiger partial charge in [0.25, 0.3) is 5.91 Å². The largest absolute Gasteiger partial charge is 0.465 e. The fourth-order valence-corrected chi connectivity index (χ4v) is 3.18. The fraction of sp³-hybridized carbons (Fsp3) is 0.263. The molecule has 0 aliphatic carbocycles. The Labute approximate surface area is 160 Å². The average molecular weight is 384 g/mol. The Hall–Kier alpha value is -3.00. The van der Waals surface area contributed by atoms with Crippen LogP contribution in [0.25, 0.3) is 0 Å². The molecule has 0 fully saturated rings. The SMILES string of the molecule is Cc1ccc(CNC(=O)CCCc2nnc(C(=O)Nc3ccccc3)s2)o1. The van der Waals surface area contributed by atoms with Gasteiger partial charge in [0.1, 0.15) is 16.5 Å². The molecule has 0 atom stereocenters. The second-order valence-corrected chi connectivity index (χ2v) is 7.03. The van der Waals surface area contributed by atoms with Crippen LogP contribution in [0.2, 0.25) is 0 Å². The second kappa shape index (κ2) is 9.09. The standard InChI is InChI=1S/C19H20N4O3S/c1-13-10-11-15(26-13)12-20-16(24)8-5-9-17-22-23-19(27-17)18(25)21-14-6-3-2-4-7-14/h2-4,6-7,10-11H,5,8-9,12H2,1H3,(H,20,24)(H,21,25). The Morgan fingerprint density at radius 2 is 1.93 bits per heavy atom. The molecule has 0 saturated heterocycles. The molecule has 2 amide bonds. The number of aromatic nitrogens is 2. The zero-order chi connectivity index (χ0) is 19.1. The maximum atomic E-state index is 12.2. The molecule has 27 heavy (non-hydrogen) atoms. The molecular weight excluding hydrogens is 364 g/mol. The highest BCUT2D eigenvalue weighted by Gasteiger charge is 2.13. The second-order valence-electron chi connectivity index (χ2n) is 5.96. The van der Waals surface area contributed by atoms with E-state index in [2.05, 4.69) is 20.8 Å². The molecule has 3 rings (SSSR count). The number of anilines is 1. The van der Waals surface area contributed by atoms with E-state index in [-0.39, 0.29) is 11.8 Å². The van der Waals surface area contributed by atoms with E-state index in [0.717, 1.165) is 16.5 Å².